The average Bonchev–Trinajstić information content (AvgIpc) is 2.25. The van der Waals surface area contributed by atoms with E-state index in [9.17, 15) is 15.2 Å². The second-order valence-corrected chi connectivity index (χ2v) is 4.24. The smallest absolute Gasteiger partial charge is 0.274 e. The lowest BCUT2D eigenvalue weighted by Crippen LogP contribution is -2.22. The van der Waals surface area contributed by atoms with E-state index in [0.29, 0.717) is 18.5 Å². The van der Waals surface area contributed by atoms with Crippen molar-refractivity contribution >= 4 is 11.4 Å². The van der Waals surface area contributed by atoms with Crippen LogP contribution in [0, 0.1) is 17.0 Å². The van der Waals surface area contributed by atoms with Crippen LogP contribution in [-0.2, 0) is 0 Å². The average molecular weight is 238 g/mol. The molecule has 0 aliphatic rings. The lowest BCUT2D eigenvalue weighted by molar-refractivity contribution is -0.385. The topological polar surface area (TPSA) is 66.6 Å². The van der Waals surface area contributed by atoms with Crippen LogP contribution in [0.3, 0.4) is 0 Å². The van der Waals surface area contributed by atoms with Gasteiger partial charge in [0.2, 0.25) is 0 Å². The van der Waals surface area contributed by atoms with Crippen LogP contribution in [0.5, 0.6) is 0 Å². The van der Waals surface area contributed by atoms with Gasteiger partial charge >= 0.3 is 0 Å². The highest BCUT2D eigenvalue weighted by atomic mass is 16.6. The Balaban J connectivity index is 2.90. The van der Waals surface area contributed by atoms with Crippen molar-refractivity contribution in [2.24, 2.45) is 0 Å². The number of anilines is 1. The van der Waals surface area contributed by atoms with Gasteiger partial charge < -0.3 is 10.0 Å². The van der Waals surface area contributed by atoms with E-state index in [1.807, 2.05) is 18.0 Å². The van der Waals surface area contributed by atoms with Crippen molar-refractivity contribution in [1.29, 1.82) is 0 Å². The van der Waals surface area contributed by atoms with E-state index in [0.717, 1.165) is 5.69 Å². The van der Waals surface area contributed by atoms with Crippen molar-refractivity contribution in [3.8, 4) is 0 Å². The summed E-state index contributed by atoms with van der Waals surface area (Å²) in [5.41, 5.74) is 1.62. The fourth-order valence-electron chi connectivity index (χ4n) is 1.72. The highest BCUT2D eigenvalue weighted by Crippen LogP contribution is 2.27. The quantitative estimate of drug-likeness (QED) is 0.630. The summed E-state index contributed by atoms with van der Waals surface area (Å²) >= 11 is 0. The zero-order valence-electron chi connectivity index (χ0n) is 10.4. The molecule has 1 atom stereocenters. The fourth-order valence-corrected chi connectivity index (χ4v) is 1.72. The van der Waals surface area contributed by atoms with Gasteiger partial charge in [0.15, 0.2) is 0 Å². The van der Waals surface area contributed by atoms with E-state index in [1.54, 1.807) is 19.9 Å². The minimum absolute atomic E-state index is 0.131. The van der Waals surface area contributed by atoms with Crippen molar-refractivity contribution in [3.05, 3.63) is 33.9 Å². The van der Waals surface area contributed by atoms with Crippen LogP contribution in [0.2, 0.25) is 0 Å². The van der Waals surface area contributed by atoms with E-state index in [4.69, 9.17) is 0 Å². The number of hydrogen-bond donors (Lipinski definition) is 1. The van der Waals surface area contributed by atoms with Gasteiger partial charge in [0.1, 0.15) is 0 Å². The Bertz CT molecular complexity index is 405. The first-order chi connectivity index (χ1) is 7.93. The summed E-state index contributed by atoms with van der Waals surface area (Å²) in [6.07, 6.45) is 0.273. The molecule has 5 heteroatoms. The Morgan fingerprint density at radius 1 is 1.53 bits per heavy atom. The summed E-state index contributed by atoms with van der Waals surface area (Å²) in [6, 6.07) is 5.03. The molecule has 0 aromatic heterocycles. The molecule has 5 nitrogen and oxygen atoms in total. The molecule has 0 bridgehead atoms. The second-order valence-electron chi connectivity index (χ2n) is 4.24. The molecule has 0 aliphatic carbocycles. The fraction of sp³-hybridized carbons (Fsp3) is 0.500. The van der Waals surface area contributed by atoms with Crippen molar-refractivity contribution in [2.75, 3.05) is 18.5 Å². The third-order valence-corrected chi connectivity index (χ3v) is 2.77. The predicted molar refractivity (Wildman–Crippen MR) is 67.4 cm³/mol. The zero-order valence-corrected chi connectivity index (χ0v) is 10.4. The highest BCUT2D eigenvalue weighted by Gasteiger charge is 2.15. The Hall–Kier alpha value is -1.62. The predicted octanol–water partition coefficient (Wildman–Crippen LogP) is 2.11. The number of aliphatic hydroxyl groups is 1. The third-order valence-electron chi connectivity index (χ3n) is 2.77. The van der Waals surface area contributed by atoms with Gasteiger partial charge in [-0.15, -0.1) is 0 Å². The van der Waals surface area contributed by atoms with Gasteiger partial charge in [-0.05, 0) is 26.3 Å². The zero-order chi connectivity index (χ0) is 13.0. The van der Waals surface area contributed by atoms with Gasteiger partial charge in [-0.1, -0.05) is 6.07 Å². The van der Waals surface area contributed by atoms with Gasteiger partial charge in [0, 0.05) is 30.9 Å². The highest BCUT2D eigenvalue weighted by molar-refractivity contribution is 5.60. The Morgan fingerprint density at radius 3 is 2.71 bits per heavy atom. The number of benzene rings is 1. The van der Waals surface area contributed by atoms with Crippen molar-refractivity contribution in [2.45, 2.75) is 26.4 Å². The Kier molecular flexibility index (Phi) is 4.45. The summed E-state index contributed by atoms with van der Waals surface area (Å²) in [5, 5.41) is 20.0. The number of hydrogen-bond acceptors (Lipinski definition) is 4. The minimum Gasteiger partial charge on any atom is -0.393 e. The van der Waals surface area contributed by atoms with Gasteiger partial charge in [0.25, 0.3) is 5.69 Å². The first-order valence-corrected chi connectivity index (χ1v) is 5.56. The number of rotatable bonds is 5. The summed E-state index contributed by atoms with van der Waals surface area (Å²) in [6.45, 7) is 4.14. The van der Waals surface area contributed by atoms with Crippen LogP contribution in [-0.4, -0.2) is 29.7 Å². The van der Waals surface area contributed by atoms with Crippen LogP contribution < -0.4 is 4.90 Å². The lowest BCUT2D eigenvalue weighted by Gasteiger charge is -2.21. The molecule has 1 aromatic rings. The molecule has 0 saturated heterocycles. The molecule has 1 N–H and O–H groups in total. The van der Waals surface area contributed by atoms with Gasteiger partial charge in [-0.3, -0.25) is 10.1 Å². The third kappa shape index (κ3) is 3.42. The normalized spacial score (nSPS) is 12.2. The first kappa shape index (κ1) is 13.4. The van der Waals surface area contributed by atoms with Gasteiger partial charge in [-0.25, -0.2) is 0 Å². The molecule has 1 aromatic carbocycles. The molecule has 0 spiro atoms. The Labute approximate surface area is 101 Å². The van der Waals surface area contributed by atoms with E-state index in [-0.39, 0.29) is 16.7 Å². The number of nitro benzene ring substituents is 1. The number of aliphatic hydroxyl groups excluding tert-OH is 1. The standard InChI is InChI=1S/C12H18N2O3/c1-9(15)7-8-13(3)11-5-4-6-12(10(11)2)14(16)17/h4-6,9,15H,7-8H2,1-3H3. The molecule has 0 aliphatic heterocycles. The molecule has 94 valence electrons. The van der Waals surface area contributed by atoms with E-state index in [1.165, 1.54) is 6.07 Å². The maximum absolute atomic E-state index is 10.8. The SMILES string of the molecule is Cc1c(N(C)CCC(C)O)cccc1[N+](=O)[O-]. The van der Waals surface area contributed by atoms with E-state index in [2.05, 4.69) is 0 Å². The number of nitrogens with zero attached hydrogens (tertiary/aromatic N) is 2. The maximum atomic E-state index is 10.8. The summed E-state index contributed by atoms with van der Waals surface area (Å²) < 4.78 is 0. The molecule has 1 rings (SSSR count). The molecule has 0 radical (unpaired) electrons. The van der Waals surface area contributed by atoms with Crippen LogP contribution >= 0.6 is 0 Å². The molecule has 0 saturated carbocycles. The van der Waals surface area contributed by atoms with Crippen molar-refractivity contribution in [1.82, 2.24) is 0 Å². The van der Waals surface area contributed by atoms with Crippen LogP contribution in [0.1, 0.15) is 18.9 Å². The first-order valence-electron chi connectivity index (χ1n) is 5.56. The van der Waals surface area contributed by atoms with Crippen LogP contribution in [0.4, 0.5) is 11.4 Å². The number of nitro groups is 1. The molecule has 0 amide bonds. The lowest BCUT2D eigenvalue weighted by atomic mass is 10.1. The van der Waals surface area contributed by atoms with E-state index >= 15 is 0 Å². The molecular weight excluding hydrogens is 220 g/mol. The maximum Gasteiger partial charge on any atom is 0.274 e. The molecule has 1 unspecified atom stereocenters. The van der Waals surface area contributed by atoms with E-state index < -0.39 is 0 Å². The molecule has 0 heterocycles. The monoisotopic (exact) mass is 238 g/mol. The summed E-state index contributed by atoms with van der Waals surface area (Å²) in [5.74, 6) is 0. The van der Waals surface area contributed by atoms with Gasteiger partial charge in [-0.2, -0.15) is 0 Å². The van der Waals surface area contributed by atoms with Crippen LogP contribution in [0.25, 0.3) is 0 Å². The molecular formula is C12H18N2O3. The second kappa shape index (κ2) is 5.63. The minimum atomic E-state index is -0.374. The molecule has 17 heavy (non-hydrogen) atoms. The Morgan fingerprint density at radius 2 is 2.18 bits per heavy atom. The van der Waals surface area contributed by atoms with Crippen LogP contribution in [0.15, 0.2) is 18.2 Å². The summed E-state index contributed by atoms with van der Waals surface area (Å²) in [4.78, 5) is 12.4. The summed E-state index contributed by atoms with van der Waals surface area (Å²) in [7, 11) is 1.87. The van der Waals surface area contributed by atoms with Gasteiger partial charge in [0.05, 0.1) is 11.0 Å². The van der Waals surface area contributed by atoms with Crippen molar-refractivity contribution < 1.29 is 10.0 Å². The van der Waals surface area contributed by atoms with Crippen molar-refractivity contribution in [3.63, 3.8) is 0 Å². The molecule has 0 fully saturated rings. The largest absolute Gasteiger partial charge is 0.393 e.